The Bertz CT molecular complexity index is 735. The van der Waals surface area contributed by atoms with Crippen molar-refractivity contribution in [1.29, 1.82) is 0 Å². The molecule has 0 aromatic heterocycles. The average molecular weight is 304 g/mol. The summed E-state index contributed by atoms with van der Waals surface area (Å²) in [6, 6.07) is 10.7. The monoisotopic (exact) mass is 303 g/mol. The van der Waals surface area contributed by atoms with E-state index in [0.717, 1.165) is 6.07 Å². The standard InChI is InChI=1S/C16H11ClFNO2/c17-14-7-6-12(10-15(14)18)16(21)19-13-5-1-3-11(9-13)4-2-8-20/h1,3,5-7,9-10,20H,8H2,(H,19,21). The van der Waals surface area contributed by atoms with E-state index in [1.807, 2.05) is 0 Å². The third-order valence-electron chi connectivity index (χ3n) is 2.61. The largest absolute Gasteiger partial charge is 0.384 e. The first-order valence-corrected chi connectivity index (χ1v) is 6.44. The maximum Gasteiger partial charge on any atom is 0.255 e. The molecule has 21 heavy (non-hydrogen) atoms. The van der Waals surface area contributed by atoms with Gasteiger partial charge in [0.2, 0.25) is 0 Å². The molecule has 1 amide bonds. The number of aliphatic hydroxyl groups is 1. The zero-order chi connectivity index (χ0) is 15.2. The molecule has 0 fully saturated rings. The summed E-state index contributed by atoms with van der Waals surface area (Å²) in [7, 11) is 0. The highest BCUT2D eigenvalue weighted by Gasteiger charge is 2.09. The summed E-state index contributed by atoms with van der Waals surface area (Å²) in [5, 5.41) is 11.3. The van der Waals surface area contributed by atoms with Crippen LogP contribution >= 0.6 is 11.6 Å². The zero-order valence-corrected chi connectivity index (χ0v) is 11.6. The fourth-order valence-electron chi connectivity index (χ4n) is 1.66. The summed E-state index contributed by atoms with van der Waals surface area (Å²) in [5.41, 5.74) is 1.35. The van der Waals surface area contributed by atoms with Gasteiger partial charge in [0, 0.05) is 16.8 Å². The summed E-state index contributed by atoms with van der Waals surface area (Å²) in [4.78, 5) is 12.0. The fourth-order valence-corrected chi connectivity index (χ4v) is 1.77. The Morgan fingerprint density at radius 3 is 2.81 bits per heavy atom. The van der Waals surface area contributed by atoms with Gasteiger partial charge in [-0.1, -0.05) is 29.5 Å². The number of anilines is 1. The molecule has 0 spiro atoms. The molecule has 0 heterocycles. The van der Waals surface area contributed by atoms with Gasteiger partial charge in [0.1, 0.15) is 12.4 Å². The third kappa shape index (κ3) is 4.06. The van der Waals surface area contributed by atoms with Crippen molar-refractivity contribution in [3.63, 3.8) is 0 Å². The van der Waals surface area contributed by atoms with Crippen LogP contribution in [0.25, 0.3) is 0 Å². The Morgan fingerprint density at radius 2 is 2.10 bits per heavy atom. The Kier molecular flexibility index (Phi) is 4.94. The fraction of sp³-hybridized carbons (Fsp3) is 0.0625. The zero-order valence-electron chi connectivity index (χ0n) is 10.9. The molecular weight excluding hydrogens is 293 g/mol. The van der Waals surface area contributed by atoms with Gasteiger partial charge in [-0.05, 0) is 36.4 Å². The lowest BCUT2D eigenvalue weighted by molar-refractivity contribution is 0.102. The normalized spacial score (nSPS) is 9.67. The van der Waals surface area contributed by atoms with Crippen molar-refractivity contribution < 1.29 is 14.3 Å². The summed E-state index contributed by atoms with van der Waals surface area (Å²) >= 11 is 5.57. The summed E-state index contributed by atoms with van der Waals surface area (Å²) in [5.74, 6) is 4.16. The second kappa shape index (κ2) is 6.89. The van der Waals surface area contributed by atoms with Gasteiger partial charge in [0.15, 0.2) is 0 Å². The van der Waals surface area contributed by atoms with E-state index in [0.29, 0.717) is 11.3 Å². The molecule has 0 saturated carbocycles. The average Bonchev–Trinajstić information content (AvgIpc) is 2.48. The van der Waals surface area contributed by atoms with Crippen LogP contribution in [-0.4, -0.2) is 17.6 Å². The van der Waals surface area contributed by atoms with Crippen molar-refractivity contribution in [2.24, 2.45) is 0 Å². The lowest BCUT2D eigenvalue weighted by Gasteiger charge is -2.06. The van der Waals surface area contributed by atoms with E-state index in [1.54, 1.807) is 24.3 Å². The number of carbonyl (C=O) groups excluding carboxylic acids is 1. The molecule has 0 radical (unpaired) electrons. The molecule has 2 N–H and O–H groups in total. The van der Waals surface area contributed by atoms with Crippen LogP contribution in [0.1, 0.15) is 15.9 Å². The molecule has 5 heteroatoms. The van der Waals surface area contributed by atoms with Gasteiger partial charge in [-0.25, -0.2) is 4.39 Å². The van der Waals surface area contributed by atoms with Gasteiger partial charge in [-0.3, -0.25) is 4.79 Å². The van der Waals surface area contributed by atoms with Gasteiger partial charge >= 0.3 is 0 Å². The molecule has 0 atom stereocenters. The van der Waals surface area contributed by atoms with Gasteiger partial charge in [-0.15, -0.1) is 0 Å². The first-order valence-electron chi connectivity index (χ1n) is 6.06. The molecule has 0 unspecified atom stereocenters. The number of halogens is 2. The number of amides is 1. The summed E-state index contributed by atoms with van der Waals surface area (Å²) in [6.07, 6.45) is 0. The van der Waals surface area contributed by atoms with E-state index < -0.39 is 11.7 Å². The second-order valence-corrected chi connectivity index (χ2v) is 4.53. The smallest absolute Gasteiger partial charge is 0.255 e. The molecule has 0 aliphatic heterocycles. The van der Waals surface area contributed by atoms with Crippen molar-refractivity contribution in [3.05, 3.63) is 64.4 Å². The van der Waals surface area contributed by atoms with E-state index in [4.69, 9.17) is 16.7 Å². The lowest BCUT2D eigenvalue weighted by Crippen LogP contribution is -2.12. The SMILES string of the molecule is O=C(Nc1cccc(C#CCO)c1)c1ccc(Cl)c(F)c1. The van der Waals surface area contributed by atoms with Crippen LogP contribution < -0.4 is 5.32 Å². The highest BCUT2D eigenvalue weighted by molar-refractivity contribution is 6.30. The van der Waals surface area contributed by atoms with Crippen molar-refractivity contribution in [2.45, 2.75) is 0 Å². The minimum absolute atomic E-state index is 0.0344. The molecule has 2 aromatic rings. The maximum absolute atomic E-state index is 13.3. The molecule has 0 aliphatic rings. The summed E-state index contributed by atoms with van der Waals surface area (Å²) < 4.78 is 13.3. The predicted molar refractivity (Wildman–Crippen MR) is 79.8 cm³/mol. The number of benzene rings is 2. The molecule has 2 aromatic carbocycles. The number of aliphatic hydroxyl groups excluding tert-OH is 1. The van der Waals surface area contributed by atoms with Crippen LogP contribution in [0, 0.1) is 17.7 Å². The molecule has 106 valence electrons. The van der Waals surface area contributed by atoms with Crippen LogP contribution in [0.2, 0.25) is 5.02 Å². The van der Waals surface area contributed by atoms with E-state index in [-0.39, 0.29) is 17.2 Å². The Morgan fingerprint density at radius 1 is 1.29 bits per heavy atom. The minimum Gasteiger partial charge on any atom is -0.384 e. The van der Waals surface area contributed by atoms with Crippen LogP contribution in [0.5, 0.6) is 0 Å². The number of rotatable bonds is 2. The van der Waals surface area contributed by atoms with Crippen molar-refractivity contribution in [3.8, 4) is 11.8 Å². The molecule has 3 nitrogen and oxygen atoms in total. The number of nitrogens with one attached hydrogen (secondary N) is 1. The van der Waals surface area contributed by atoms with Crippen LogP contribution in [0.4, 0.5) is 10.1 Å². The summed E-state index contributed by atoms with van der Waals surface area (Å²) in [6.45, 7) is -0.235. The second-order valence-electron chi connectivity index (χ2n) is 4.12. The number of hydrogen-bond acceptors (Lipinski definition) is 2. The Labute approximate surface area is 126 Å². The van der Waals surface area contributed by atoms with E-state index in [1.165, 1.54) is 12.1 Å². The van der Waals surface area contributed by atoms with E-state index in [2.05, 4.69) is 17.2 Å². The highest BCUT2D eigenvalue weighted by atomic mass is 35.5. The molecule has 2 rings (SSSR count). The molecule has 0 saturated heterocycles. The molecular formula is C16H11ClFNO2. The predicted octanol–water partition coefficient (Wildman–Crippen LogP) is 3.08. The van der Waals surface area contributed by atoms with E-state index in [9.17, 15) is 9.18 Å². The molecule has 0 bridgehead atoms. The maximum atomic E-state index is 13.3. The van der Waals surface area contributed by atoms with Crippen LogP contribution in [-0.2, 0) is 0 Å². The topological polar surface area (TPSA) is 49.3 Å². The van der Waals surface area contributed by atoms with Crippen molar-refractivity contribution in [2.75, 3.05) is 11.9 Å². The number of carbonyl (C=O) groups is 1. The third-order valence-corrected chi connectivity index (χ3v) is 2.92. The van der Waals surface area contributed by atoms with Crippen LogP contribution in [0.3, 0.4) is 0 Å². The van der Waals surface area contributed by atoms with E-state index >= 15 is 0 Å². The van der Waals surface area contributed by atoms with Crippen molar-refractivity contribution >= 4 is 23.2 Å². The van der Waals surface area contributed by atoms with Crippen molar-refractivity contribution in [1.82, 2.24) is 0 Å². The first-order chi connectivity index (χ1) is 10.1. The Hall–Kier alpha value is -2.35. The number of hydrogen-bond donors (Lipinski definition) is 2. The minimum atomic E-state index is -0.646. The van der Waals surface area contributed by atoms with Gasteiger partial charge in [-0.2, -0.15) is 0 Å². The van der Waals surface area contributed by atoms with Gasteiger partial charge < -0.3 is 10.4 Å². The van der Waals surface area contributed by atoms with Gasteiger partial charge in [0.05, 0.1) is 5.02 Å². The lowest BCUT2D eigenvalue weighted by atomic mass is 10.1. The highest BCUT2D eigenvalue weighted by Crippen LogP contribution is 2.17. The molecule has 0 aliphatic carbocycles. The van der Waals surface area contributed by atoms with Gasteiger partial charge in [0.25, 0.3) is 5.91 Å². The first kappa shape index (κ1) is 15.0. The Balaban J connectivity index is 2.17. The quantitative estimate of drug-likeness (QED) is 0.838. The van der Waals surface area contributed by atoms with Crippen LogP contribution in [0.15, 0.2) is 42.5 Å².